The van der Waals surface area contributed by atoms with Crippen LogP contribution in [0.5, 0.6) is 0 Å². The largest absolute Gasteiger partial charge is 0.459 e. The van der Waals surface area contributed by atoms with Crippen LogP contribution in [0.15, 0.2) is 99.1 Å². The third-order valence-electron chi connectivity index (χ3n) is 6.87. The van der Waals surface area contributed by atoms with Gasteiger partial charge in [0.2, 0.25) is 0 Å². The third kappa shape index (κ3) is 5.93. The Kier molecular flexibility index (Phi) is 8.02. The second-order valence-electron chi connectivity index (χ2n) is 9.91. The Morgan fingerprint density at radius 1 is 1.02 bits per heavy atom. The molecular weight excluding hydrogens is 569 g/mol. The maximum absolute atomic E-state index is 13.7. The van der Waals surface area contributed by atoms with E-state index < -0.39 is 0 Å². The third-order valence-corrected chi connectivity index (χ3v) is 8.70. The van der Waals surface area contributed by atoms with Gasteiger partial charge in [0.15, 0.2) is 16.7 Å². The SMILES string of the molecule is Cc1ccc([C@H]2CC(c3cccs3)=NN2C(=O)CSc2nnc(CNC(=O)c3ccco3)n2-c2cccc(C)c2)cc1. The lowest BCUT2D eigenvalue weighted by molar-refractivity contribution is -0.130. The van der Waals surface area contributed by atoms with Crippen LogP contribution in [0, 0.1) is 13.8 Å². The molecule has 5 aromatic rings. The summed E-state index contributed by atoms with van der Waals surface area (Å²) < 4.78 is 7.07. The van der Waals surface area contributed by atoms with Crippen molar-refractivity contribution in [2.75, 3.05) is 5.75 Å². The summed E-state index contributed by atoms with van der Waals surface area (Å²) in [7, 11) is 0. The smallest absolute Gasteiger partial charge is 0.287 e. The van der Waals surface area contributed by atoms with Crippen molar-refractivity contribution >= 4 is 40.6 Å². The van der Waals surface area contributed by atoms with Crippen LogP contribution in [0.4, 0.5) is 0 Å². The summed E-state index contributed by atoms with van der Waals surface area (Å²) in [4.78, 5) is 27.3. The molecule has 4 heterocycles. The highest BCUT2D eigenvalue weighted by Gasteiger charge is 2.33. The van der Waals surface area contributed by atoms with Crippen LogP contribution >= 0.6 is 23.1 Å². The van der Waals surface area contributed by atoms with Gasteiger partial charge in [0, 0.05) is 12.1 Å². The molecule has 212 valence electrons. The van der Waals surface area contributed by atoms with E-state index in [0.717, 1.165) is 33.0 Å². The lowest BCUT2D eigenvalue weighted by Gasteiger charge is -2.22. The Hall–Kier alpha value is -4.48. The van der Waals surface area contributed by atoms with Gasteiger partial charge in [-0.1, -0.05) is 59.8 Å². The first-order chi connectivity index (χ1) is 20.5. The van der Waals surface area contributed by atoms with Crippen molar-refractivity contribution < 1.29 is 14.0 Å². The molecular formula is C31H28N6O3S2. The molecule has 0 saturated heterocycles. The van der Waals surface area contributed by atoms with Crippen LogP contribution in [0.25, 0.3) is 5.69 Å². The number of benzene rings is 2. The number of furan rings is 1. The van der Waals surface area contributed by atoms with Gasteiger partial charge in [-0.2, -0.15) is 5.10 Å². The molecule has 1 atom stereocenters. The van der Waals surface area contributed by atoms with Gasteiger partial charge < -0.3 is 9.73 Å². The highest BCUT2D eigenvalue weighted by Crippen LogP contribution is 2.35. The summed E-state index contributed by atoms with van der Waals surface area (Å²) in [6.07, 6.45) is 2.10. The van der Waals surface area contributed by atoms with Crippen molar-refractivity contribution in [3.05, 3.63) is 118 Å². The van der Waals surface area contributed by atoms with Crippen LogP contribution in [0.1, 0.15) is 50.4 Å². The summed E-state index contributed by atoms with van der Waals surface area (Å²) in [6, 6.07) is 23.3. The Morgan fingerprint density at radius 3 is 2.62 bits per heavy atom. The minimum Gasteiger partial charge on any atom is -0.459 e. The normalized spacial score (nSPS) is 14.7. The van der Waals surface area contributed by atoms with Gasteiger partial charge in [0.1, 0.15) is 0 Å². The van der Waals surface area contributed by atoms with Crippen molar-refractivity contribution in [2.24, 2.45) is 5.10 Å². The fourth-order valence-electron chi connectivity index (χ4n) is 4.76. The fraction of sp³-hybridized carbons (Fsp3) is 0.194. The molecule has 0 bridgehead atoms. The average molecular weight is 597 g/mol. The molecule has 0 saturated carbocycles. The van der Waals surface area contributed by atoms with E-state index in [1.165, 1.54) is 18.0 Å². The quantitative estimate of drug-likeness (QED) is 0.211. The van der Waals surface area contributed by atoms with E-state index in [0.29, 0.717) is 17.4 Å². The predicted octanol–water partition coefficient (Wildman–Crippen LogP) is 5.94. The van der Waals surface area contributed by atoms with Crippen molar-refractivity contribution in [1.29, 1.82) is 0 Å². The van der Waals surface area contributed by atoms with Crippen molar-refractivity contribution in [1.82, 2.24) is 25.1 Å². The minimum absolute atomic E-state index is 0.117. The van der Waals surface area contributed by atoms with Gasteiger partial charge in [-0.25, -0.2) is 5.01 Å². The molecule has 1 aliphatic heterocycles. The second kappa shape index (κ2) is 12.2. The predicted molar refractivity (Wildman–Crippen MR) is 163 cm³/mol. The van der Waals surface area contributed by atoms with Gasteiger partial charge in [0.05, 0.1) is 35.2 Å². The molecule has 2 aromatic carbocycles. The van der Waals surface area contributed by atoms with E-state index in [9.17, 15) is 9.59 Å². The number of nitrogens with one attached hydrogen (secondary N) is 1. The summed E-state index contributed by atoms with van der Waals surface area (Å²) in [5, 5.41) is 20.6. The van der Waals surface area contributed by atoms with Crippen LogP contribution in [-0.2, 0) is 11.3 Å². The molecule has 6 rings (SSSR count). The fourth-order valence-corrected chi connectivity index (χ4v) is 6.31. The van der Waals surface area contributed by atoms with E-state index in [1.807, 2.05) is 60.2 Å². The van der Waals surface area contributed by atoms with Gasteiger partial charge in [-0.05, 0) is 60.7 Å². The average Bonchev–Trinajstić information content (AvgIpc) is 3.81. The molecule has 0 fully saturated rings. The van der Waals surface area contributed by atoms with Crippen LogP contribution in [-0.4, -0.2) is 43.1 Å². The first kappa shape index (κ1) is 27.7. The van der Waals surface area contributed by atoms with Gasteiger partial charge >= 0.3 is 0 Å². The minimum atomic E-state index is -0.348. The van der Waals surface area contributed by atoms with Crippen LogP contribution < -0.4 is 5.32 Å². The number of thioether (sulfide) groups is 1. The second-order valence-corrected chi connectivity index (χ2v) is 11.8. The summed E-state index contributed by atoms with van der Waals surface area (Å²) in [5.41, 5.74) is 5.02. The monoisotopic (exact) mass is 596 g/mol. The first-order valence-corrected chi connectivity index (χ1v) is 15.3. The highest BCUT2D eigenvalue weighted by atomic mass is 32.2. The molecule has 0 spiro atoms. The lowest BCUT2D eigenvalue weighted by atomic mass is 10.00. The number of nitrogens with zero attached hydrogens (tertiary/aromatic N) is 5. The van der Waals surface area contributed by atoms with Crippen LogP contribution in [0.2, 0.25) is 0 Å². The number of rotatable bonds is 9. The summed E-state index contributed by atoms with van der Waals surface area (Å²) in [6.45, 7) is 4.18. The van der Waals surface area contributed by atoms with Gasteiger partial charge in [0.25, 0.3) is 11.8 Å². The number of amides is 2. The molecule has 0 aliphatic carbocycles. The molecule has 1 aliphatic rings. The Balaban J connectivity index is 1.24. The standard InChI is InChI=1S/C31H28N6O3S2/c1-20-10-12-22(13-11-20)25-17-24(27-9-5-15-41-27)35-37(25)29(38)19-42-31-34-33-28(18-32-30(39)26-8-4-14-40-26)36(31)23-7-3-6-21(2)16-23/h3-16,25H,17-19H2,1-2H3,(H,32,39)/t25-/m1/s1. The van der Waals surface area contributed by atoms with E-state index in [1.54, 1.807) is 28.5 Å². The summed E-state index contributed by atoms with van der Waals surface area (Å²) in [5.74, 6) is 0.397. The molecule has 2 amide bonds. The molecule has 0 unspecified atom stereocenters. The zero-order chi connectivity index (χ0) is 29.1. The first-order valence-electron chi connectivity index (χ1n) is 13.4. The number of carbonyl (C=O) groups excluding carboxylic acids is 2. The number of aryl methyl sites for hydroxylation is 2. The van der Waals surface area contributed by atoms with E-state index in [-0.39, 0.29) is 35.9 Å². The zero-order valence-electron chi connectivity index (χ0n) is 23.1. The van der Waals surface area contributed by atoms with E-state index >= 15 is 0 Å². The number of hydrazone groups is 1. The molecule has 11 heteroatoms. The van der Waals surface area contributed by atoms with E-state index in [4.69, 9.17) is 9.52 Å². The van der Waals surface area contributed by atoms with Crippen molar-refractivity contribution in [3.63, 3.8) is 0 Å². The molecule has 42 heavy (non-hydrogen) atoms. The maximum atomic E-state index is 13.7. The number of hydrogen-bond acceptors (Lipinski definition) is 8. The number of hydrogen-bond donors (Lipinski definition) is 1. The van der Waals surface area contributed by atoms with E-state index in [2.05, 4.69) is 39.8 Å². The van der Waals surface area contributed by atoms with Crippen molar-refractivity contribution in [3.8, 4) is 5.69 Å². The Labute approximate surface area is 251 Å². The number of thiophene rings is 1. The van der Waals surface area contributed by atoms with Gasteiger partial charge in [-0.15, -0.1) is 21.5 Å². The molecule has 3 aromatic heterocycles. The molecule has 9 nitrogen and oxygen atoms in total. The highest BCUT2D eigenvalue weighted by molar-refractivity contribution is 7.99. The van der Waals surface area contributed by atoms with Gasteiger partial charge in [-0.3, -0.25) is 14.2 Å². The molecule has 0 radical (unpaired) electrons. The number of aromatic nitrogens is 3. The lowest BCUT2D eigenvalue weighted by Crippen LogP contribution is -2.28. The van der Waals surface area contributed by atoms with Crippen LogP contribution in [0.3, 0.4) is 0 Å². The zero-order valence-corrected chi connectivity index (χ0v) is 24.7. The number of carbonyl (C=O) groups is 2. The van der Waals surface area contributed by atoms with Crippen molar-refractivity contribution in [2.45, 2.75) is 38.0 Å². The molecule has 1 N–H and O–H groups in total. The Morgan fingerprint density at radius 2 is 1.88 bits per heavy atom. The maximum Gasteiger partial charge on any atom is 0.287 e. The Bertz CT molecular complexity index is 1730. The topological polar surface area (TPSA) is 106 Å². The summed E-state index contributed by atoms with van der Waals surface area (Å²) >= 11 is 2.92.